The lowest BCUT2D eigenvalue weighted by atomic mass is 9.47. The zero-order chi connectivity index (χ0) is 25.0. The van der Waals surface area contributed by atoms with Gasteiger partial charge in [-0.2, -0.15) is 0 Å². The van der Waals surface area contributed by atoms with Gasteiger partial charge in [-0.1, -0.05) is 25.1 Å². The van der Waals surface area contributed by atoms with Gasteiger partial charge in [-0.25, -0.2) is 18.4 Å². The summed E-state index contributed by atoms with van der Waals surface area (Å²) in [6.07, 6.45) is 7.69. The number of carbonyl (C=O) groups excluding carboxylic acids is 1. The molecule has 0 amide bonds. The molecule has 0 radical (unpaired) electrons. The van der Waals surface area contributed by atoms with Crippen LogP contribution < -0.4 is 9.88 Å². The number of hydrogen-bond acceptors (Lipinski definition) is 5. The molecule has 2 N–H and O–H groups in total. The summed E-state index contributed by atoms with van der Waals surface area (Å²) < 4.78 is 35.0. The van der Waals surface area contributed by atoms with Crippen LogP contribution in [0.4, 0.5) is 0 Å². The van der Waals surface area contributed by atoms with E-state index in [9.17, 15) is 13.2 Å². The molecule has 2 saturated carbocycles. The predicted molar refractivity (Wildman–Crippen MR) is 134 cm³/mol. The molecule has 0 aromatic heterocycles. The summed E-state index contributed by atoms with van der Waals surface area (Å²) in [7, 11) is -2.19. The van der Waals surface area contributed by atoms with E-state index in [1.54, 1.807) is 13.2 Å². The van der Waals surface area contributed by atoms with Gasteiger partial charge in [0.1, 0.15) is 11.9 Å². The summed E-state index contributed by atoms with van der Waals surface area (Å²) in [6.45, 7) is 6.58. The summed E-state index contributed by atoms with van der Waals surface area (Å²) in [5, 5.41) is 5.24. The summed E-state index contributed by atoms with van der Waals surface area (Å²) >= 11 is 0. The molecule has 186 valence electrons. The Balaban J connectivity index is 1.42. The summed E-state index contributed by atoms with van der Waals surface area (Å²) in [5.41, 5.74) is 2.77. The van der Waals surface area contributed by atoms with E-state index in [1.807, 2.05) is 0 Å². The molecule has 0 unspecified atom stereocenters. The number of rotatable bonds is 5. The molecule has 0 saturated heterocycles. The maximum Gasteiger partial charge on any atom is 0.338 e. The summed E-state index contributed by atoms with van der Waals surface area (Å²) in [5.74, 6) is 1.15. The van der Waals surface area contributed by atoms with Crippen LogP contribution in [0.2, 0.25) is 0 Å². The normalized spacial score (nSPS) is 31.6. The number of ether oxygens (including phenoxy) is 2. The van der Waals surface area contributed by atoms with Crippen molar-refractivity contribution in [2.24, 2.45) is 21.9 Å². The maximum absolute atomic E-state index is 13.1. The van der Waals surface area contributed by atoms with Crippen LogP contribution in [0.25, 0.3) is 0 Å². The first-order chi connectivity index (χ1) is 16.6. The minimum Gasteiger partial charge on any atom is -0.497 e. The van der Waals surface area contributed by atoms with Crippen molar-refractivity contribution < 1.29 is 22.7 Å². The van der Waals surface area contributed by atoms with Crippen LogP contribution in [0.15, 0.2) is 60.0 Å². The van der Waals surface area contributed by atoms with Gasteiger partial charge in [0.25, 0.3) is 0 Å². The SMILES string of the molecule is C=C[C@@]12CCc3cc(OC)ccc3[C@H]1CC[C@]1(C)[C@@H](OC(=O)c3cccc(S(N)(=O)=O)c3)CC[C@H]12. The lowest BCUT2D eigenvalue weighted by Gasteiger charge is -2.57. The molecule has 2 aromatic carbocycles. The van der Waals surface area contributed by atoms with Crippen LogP contribution in [0.1, 0.15) is 66.4 Å². The fourth-order valence-corrected chi connectivity index (χ4v) is 7.93. The largest absolute Gasteiger partial charge is 0.497 e. The quantitative estimate of drug-likeness (QED) is 0.466. The number of allylic oxidation sites excluding steroid dienone is 1. The molecule has 6 nitrogen and oxygen atoms in total. The van der Waals surface area contributed by atoms with E-state index in [-0.39, 0.29) is 27.4 Å². The lowest BCUT2D eigenvalue weighted by Crippen LogP contribution is -2.51. The van der Waals surface area contributed by atoms with Crippen molar-refractivity contribution in [1.82, 2.24) is 0 Å². The van der Waals surface area contributed by atoms with Gasteiger partial charge in [0.05, 0.1) is 17.6 Å². The number of methoxy groups -OCH3 is 1. The van der Waals surface area contributed by atoms with Crippen molar-refractivity contribution in [1.29, 1.82) is 0 Å². The van der Waals surface area contributed by atoms with E-state index in [4.69, 9.17) is 14.6 Å². The van der Waals surface area contributed by atoms with Gasteiger partial charge >= 0.3 is 5.97 Å². The Morgan fingerprint density at radius 3 is 2.66 bits per heavy atom. The number of fused-ring (bicyclic) bond motifs is 5. The van der Waals surface area contributed by atoms with Gasteiger partial charge in [-0.3, -0.25) is 0 Å². The highest BCUT2D eigenvalue weighted by Crippen LogP contribution is 2.68. The Kier molecular flexibility index (Phi) is 5.84. The number of esters is 1. The van der Waals surface area contributed by atoms with Crippen molar-refractivity contribution in [3.05, 3.63) is 71.8 Å². The third-order valence-corrected chi connectivity index (χ3v) is 10.0. The molecule has 5 atom stereocenters. The van der Waals surface area contributed by atoms with Gasteiger partial charge in [-0.05, 0) is 97.2 Å². The Hall–Kier alpha value is -2.64. The third kappa shape index (κ3) is 3.80. The fourth-order valence-electron chi connectivity index (χ4n) is 7.37. The van der Waals surface area contributed by atoms with E-state index in [0.717, 1.165) is 44.3 Å². The molecule has 3 aliphatic rings. The molecule has 7 heteroatoms. The highest BCUT2D eigenvalue weighted by atomic mass is 32.2. The van der Waals surface area contributed by atoms with Crippen LogP contribution in [-0.4, -0.2) is 27.6 Å². The number of hydrogen-bond donors (Lipinski definition) is 1. The number of carbonyl (C=O) groups is 1. The molecule has 35 heavy (non-hydrogen) atoms. The lowest BCUT2D eigenvalue weighted by molar-refractivity contribution is -0.0641. The van der Waals surface area contributed by atoms with Gasteiger partial charge in [0.15, 0.2) is 0 Å². The topological polar surface area (TPSA) is 95.7 Å². The molecular formula is C28H33NO5S. The second kappa shape index (κ2) is 8.49. The average molecular weight is 496 g/mol. The van der Waals surface area contributed by atoms with Gasteiger partial charge < -0.3 is 9.47 Å². The van der Waals surface area contributed by atoms with Gasteiger partial charge in [-0.15, -0.1) is 6.58 Å². The van der Waals surface area contributed by atoms with E-state index >= 15 is 0 Å². The van der Waals surface area contributed by atoms with Crippen LogP contribution in [0.3, 0.4) is 0 Å². The number of sulfonamides is 1. The molecular weight excluding hydrogens is 462 g/mol. The molecule has 0 heterocycles. The van der Waals surface area contributed by atoms with E-state index in [2.05, 4.69) is 37.8 Å². The smallest absolute Gasteiger partial charge is 0.338 e. The van der Waals surface area contributed by atoms with Gasteiger partial charge in [0, 0.05) is 5.41 Å². The van der Waals surface area contributed by atoms with E-state index in [0.29, 0.717) is 11.8 Å². The van der Waals surface area contributed by atoms with E-state index in [1.165, 1.54) is 29.3 Å². The van der Waals surface area contributed by atoms with Crippen LogP contribution in [0, 0.1) is 16.7 Å². The molecule has 0 bridgehead atoms. The summed E-state index contributed by atoms with van der Waals surface area (Å²) in [6, 6.07) is 12.2. The monoisotopic (exact) mass is 495 g/mol. The first kappa shape index (κ1) is 24.1. The van der Waals surface area contributed by atoms with Crippen molar-refractivity contribution in [2.45, 2.75) is 62.4 Å². The molecule has 2 aromatic rings. The Morgan fingerprint density at radius 2 is 1.94 bits per heavy atom. The van der Waals surface area contributed by atoms with Crippen molar-refractivity contribution in [3.63, 3.8) is 0 Å². The van der Waals surface area contributed by atoms with Crippen molar-refractivity contribution >= 4 is 16.0 Å². The fraction of sp³-hybridized carbons (Fsp3) is 0.464. The first-order valence-electron chi connectivity index (χ1n) is 12.3. The second-order valence-corrected chi connectivity index (χ2v) is 12.1. The van der Waals surface area contributed by atoms with Crippen LogP contribution >= 0.6 is 0 Å². The third-order valence-electron chi connectivity index (χ3n) is 9.10. The Bertz CT molecular complexity index is 1290. The molecule has 3 aliphatic carbocycles. The second-order valence-electron chi connectivity index (χ2n) is 10.6. The standard InChI is InChI=1S/C28H33NO5S/c1-4-28-15-12-18-16-20(33-3)8-9-22(18)23(28)13-14-27(2)24(28)10-11-25(27)34-26(30)19-6-5-7-21(17-19)35(29,31)32/h4-9,16-17,23-25H,1,10-15H2,2-3H3,(H2,29,31,32)/t23-,24-,25+,27+,28-/m1/s1. The molecule has 2 fully saturated rings. The Morgan fingerprint density at radius 1 is 1.14 bits per heavy atom. The predicted octanol–water partition coefficient (Wildman–Crippen LogP) is 4.98. The van der Waals surface area contributed by atoms with Gasteiger partial charge in [0.2, 0.25) is 10.0 Å². The number of primary sulfonamides is 1. The van der Waals surface area contributed by atoms with E-state index < -0.39 is 16.0 Å². The molecule has 0 aliphatic heterocycles. The maximum atomic E-state index is 13.1. The van der Waals surface area contributed by atoms with Crippen molar-refractivity contribution in [3.8, 4) is 5.75 Å². The van der Waals surface area contributed by atoms with Crippen LogP contribution in [0.5, 0.6) is 5.75 Å². The molecule has 0 spiro atoms. The Labute approximate surface area is 207 Å². The number of aryl methyl sites for hydroxylation is 1. The summed E-state index contributed by atoms with van der Waals surface area (Å²) in [4.78, 5) is 13.0. The van der Waals surface area contributed by atoms with Crippen molar-refractivity contribution in [2.75, 3.05) is 7.11 Å². The highest BCUT2D eigenvalue weighted by molar-refractivity contribution is 7.89. The molecule has 5 rings (SSSR count). The highest BCUT2D eigenvalue weighted by Gasteiger charge is 2.62. The first-order valence-corrected chi connectivity index (χ1v) is 13.8. The number of benzene rings is 2. The zero-order valence-corrected chi connectivity index (χ0v) is 21.1. The minimum absolute atomic E-state index is 0.0384. The van der Waals surface area contributed by atoms with Crippen LogP contribution in [-0.2, 0) is 21.2 Å². The average Bonchev–Trinajstić information content (AvgIpc) is 3.19. The number of nitrogens with two attached hydrogens (primary N) is 1. The minimum atomic E-state index is -3.90. The zero-order valence-electron chi connectivity index (χ0n) is 20.3.